The van der Waals surface area contributed by atoms with E-state index in [1.807, 2.05) is 0 Å². The van der Waals surface area contributed by atoms with E-state index in [0.29, 0.717) is 18.3 Å². The van der Waals surface area contributed by atoms with Crippen molar-refractivity contribution in [1.29, 1.82) is 0 Å². The van der Waals surface area contributed by atoms with Gasteiger partial charge in [-0.05, 0) is 24.1 Å². The van der Waals surface area contributed by atoms with E-state index in [1.54, 1.807) is 0 Å². The lowest BCUT2D eigenvalue weighted by Gasteiger charge is -2.19. The smallest absolute Gasteiger partial charge is 0.410 e. The number of likely N-dealkylation sites (tertiary alicyclic amines) is 1. The maximum Gasteiger partial charge on any atom is 0.410 e. The average molecular weight is 352 g/mol. The normalized spacial score (nSPS) is 19.8. The summed E-state index contributed by atoms with van der Waals surface area (Å²) in [6, 6.07) is 5.05. The van der Waals surface area contributed by atoms with Crippen LogP contribution in [0.1, 0.15) is 18.9 Å². The highest BCUT2D eigenvalue weighted by atomic mass is 32.2. The van der Waals surface area contributed by atoms with E-state index in [9.17, 15) is 24.5 Å². The predicted molar refractivity (Wildman–Crippen MR) is 86.5 cm³/mol. The first kappa shape index (κ1) is 17.9. The second-order valence-electron chi connectivity index (χ2n) is 5.30. The number of non-ortho nitro benzene ring substituents is 1. The lowest BCUT2D eigenvalue weighted by Crippen LogP contribution is -2.37. The quantitative estimate of drug-likeness (QED) is 0.454. The number of rotatable bonds is 5. The van der Waals surface area contributed by atoms with Crippen LogP contribution in [-0.2, 0) is 20.9 Å². The first-order valence-corrected chi connectivity index (χ1v) is 8.08. The summed E-state index contributed by atoms with van der Waals surface area (Å²) in [5.74, 6) is 0. The maximum atomic E-state index is 12.1. The Kier molecular flexibility index (Phi) is 5.91. The lowest BCUT2D eigenvalue weighted by atomic mass is 10.2. The van der Waals surface area contributed by atoms with Gasteiger partial charge < -0.3 is 9.53 Å². The van der Waals surface area contributed by atoms with Crippen molar-refractivity contribution in [3.8, 4) is 0 Å². The molecule has 128 valence electrons. The summed E-state index contributed by atoms with van der Waals surface area (Å²) in [5, 5.41) is 10.4. The molecule has 1 amide bonds. The van der Waals surface area contributed by atoms with Crippen molar-refractivity contribution in [2.24, 2.45) is 0 Å². The van der Waals surface area contributed by atoms with Crippen LogP contribution in [-0.4, -0.2) is 45.2 Å². The zero-order chi connectivity index (χ0) is 17.7. The molecule has 1 aliphatic heterocycles. The summed E-state index contributed by atoms with van der Waals surface area (Å²) in [7, 11) is 0. The topological polar surface area (TPSA) is 107 Å². The molecule has 0 radical (unpaired) electrons. The van der Waals surface area contributed by atoms with Crippen molar-refractivity contribution in [2.75, 3.05) is 6.54 Å². The van der Waals surface area contributed by atoms with Gasteiger partial charge in [0.2, 0.25) is 0 Å². The van der Waals surface area contributed by atoms with Crippen molar-refractivity contribution in [2.45, 2.75) is 31.2 Å². The summed E-state index contributed by atoms with van der Waals surface area (Å²) in [5.41, 5.74) is 0.556. The van der Waals surface area contributed by atoms with Crippen LogP contribution in [0.3, 0.4) is 0 Å². The van der Waals surface area contributed by atoms with Gasteiger partial charge in [0.25, 0.3) is 5.69 Å². The fourth-order valence-electron chi connectivity index (χ4n) is 2.43. The molecule has 9 heteroatoms. The molecule has 0 aromatic heterocycles. The van der Waals surface area contributed by atoms with Gasteiger partial charge in [0, 0.05) is 30.9 Å². The highest BCUT2D eigenvalue weighted by Gasteiger charge is 2.36. The van der Waals surface area contributed by atoms with Gasteiger partial charge in [0.05, 0.1) is 11.0 Å². The number of benzene rings is 1. The SMILES string of the molecule is CC(=O)S[C@H]1C[C@@H](C=O)N(C(=O)OCc2ccc([N+](=O)[O-])cc2)C1. The number of thioether (sulfide) groups is 1. The average Bonchev–Trinajstić information content (AvgIpc) is 2.95. The number of amides is 1. The summed E-state index contributed by atoms with van der Waals surface area (Å²) in [6.07, 6.45) is 0.450. The van der Waals surface area contributed by atoms with Crippen molar-refractivity contribution in [3.63, 3.8) is 0 Å². The van der Waals surface area contributed by atoms with Crippen molar-refractivity contribution in [1.82, 2.24) is 4.90 Å². The molecule has 1 aliphatic rings. The Labute approximate surface area is 142 Å². The summed E-state index contributed by atoms with van der Waals surface area (Å²) in [4.78, 5) is 45.8. The van der Waals surface area contributed by atoms with Crippen molar-refractivity contribution < 1.29 is 24.0 Å². The van der Waals surface area contributed by atoms with Crippen molar-refractivity contribution >= 4 is 34.9 Å². The summed E-state index contributed by atoms with van der Waals surface area (Å²) in [6.45, 7) is 1.66. The third-order valence-electron chi connectivity index (χ3n) is 3.54. The van der Waals surface area contributed by atoms with E-state index >= 15 is 0 Å². The largest absolute Gasteiger partial charge is 0.445 e. The van der Waals surface area contributed by atoms with E-state index in [4.69, 9.17) is 4.74 Å². The van der Waals surface area contributed by atoms with Gasteiger partial charge in [-0.25, -0.2) is 4.79 Å². The molecule has 24 heavy (non-hydrogen) atoms. The monoisotopic (exact) mass is 352 g/mol. The Morgan fingerprint density at radius 3 is 2.62 bits per heavy atom. The summed E-state index contributed by atoms with van der Waals surface area (Å²) < 4.78 is 5.16. The van der Waals surface area contributed by atoms with Crippen LogP contribution in [0.25, 0.3) is 0 Å². The Hall–Kier alpha value is -2.42. The fraction of sp³-hybridized carbons (Fsp3) is 0.400. The minimum Gasteiger partial charge on any atom is -0.445 e. The molecule has 0 saturated carbocycles. The van der Waals surface area contributed by atoms with E-state index in [2.05, 4.69) is 0 Å². The minimum atomic E-state index is -0.642. The van der Waals surface area contributed by atoms with Crippen LogP contribution >= 0.6 is 11.8 Å². The van der Waals surface area contributed by atoms with Crippen LogP contribution in [0.4, 0.5) is 10.5 Å². The first-order chi connectivity index (χ1) is 11.4. The molecule has 8 nitrogen and oxygen atoms in total. The highest BCUT2D eigenvalue weighted by molar-refractivity contribution is 8.14. The molecular formula is C15H16N2O6S. The number of aldehydes is 1. The molecular weight excluding hydrogens is 336 g/mol. The number of nitrogens with zero attached hydrogens (tertiary/aromatic N) is 2. The number of carbonyl (C=O) groups excluding carboxylic acids is 3. The summed E-state index contributed by atoms with van der Waals surface area (Å²) >= 11 is 1.11. The van der Waals surface area contributed by atoms with E-state index < -0.39 is 17.1 Å². The molecule has 1 aromatic carbocycles. The molecule has 1 heterocycles. The molecule has 1 saturated heterocycles. The van der Waals surface area contributed by atoms with Gasteiger partial charge in [-0.1, -0.05) is 11.8 Å². The standard InChI is InChI=1S/C15H16N2O6S/c1-10(19)24-14-6-13(8-18)16(7-14)15(20)23-9-11-2-4-12(5-3-11)17(21)22/h2-5,8,13-14H,6-7,9H2,1H3/t13-,14-/m0/s1. The van der Waals surface area contributed by atoms with Gasteiger partial charge in [-0.15, -0.1) is 0 Å². The molecule has 0 spiro atoms. The Balaban J connectivity index is 1.92. The minimum absolute atomic E-state index is 0.0465. The molecule has 1 fully saturated rings. The van der Waals surface area contributed by atoms with Gasteiger partial charge in [0.15, 0.2) is 5.12 Å². The number of nitro benzene ring substituents is 1. The molecule has 0 bridgehead atoms. The number of hydrogen-bond donors (Lipinski definition) is 0. The second-order valence-corrected chi connectivity index (χ2v) is 6.78. The third kappa shape index (κ3) is 4.54. The maximum absolute atomic E-state index is 12.1. The number of hydrogen-bond acceptors (Lipinski definition) is 7. The molecule has 2 rings (SSSR count). The van der Waals surface area contributed by atoms with Gasteiger partial charge in [-0.3, -0.25) is 19.8 Å². The Morgan fingerprint density at radius 1 is 1.42 bits per heavy atom. The second kappa shape index (κ2) is 7.91. The first-order valence-electron chi connectivity index (χ1n) is 7.20. The molecule has 0 N–H and O–H groups in total. The molecule has 1 aromatic rings. The third-order valence-corrected chi connectivity index (χ3v) is 4.55. The van der Waals surface area contributed by atoms with E-state index in [0.717, 1.165) is 11.8 Å². The zero-order valence-corrected chi connectivity index (χ0v) is 13.7. The van der Waals surface area contributed by atoms with Gasteiger partial charge >= 0.3 is 6.09 Å². The Bertz CT molecular complexity index is 648. The van der Waals surface area contributed by atoms with E-state index in [1.165, 1.54) is 36.1 Å². The highest BCUT2D eigenvalue weighted by Crippen LogP contribution is 2.28. The Morgan fingerprint density at radius 2 is 2.08 bits per heavy atom. The number of ether oxygens (including phenoxy) is 1. The zero-order valence-electron chi connectivity index (χ0n) is 12.9. The fourth-order valence-corrected chi connectivity index (χ4v) is 3.42. The number of carbonyl (C=O) groups is 3. The van der Waals surface area contributed by atoms with Crippen LogP contribution < -0.4 is 0 Å². The number of nitro groups is 1. The molecule has 2 atom stereocenters. The van der Waals surface area contributed by atoms with Gasteiger partial charge in [0.1, 0.15) is 12.9 Å². The van der Waals surface area contributed by atoms with E-state index in [-0.39, 0.29) is 29.2 Å². The predicted octanol–water partition coefficient (Wildman–Crippen LogP) is 2.15. The van der Waals surface area contributed by atoms with Crippen LogP contribution in [0, 0.1) is 10.1 Å². The molecule has 0 aliphatic carbocycles. The van der Waals surface area contributed by atoms with Gasteiger partial charge in [-0.2, -0.15) is 0 Å². The molecule has 0 unspecified atom stereocenters. The van der Waals surface area contributed by atoms with Crippen LogP contribution in [0.5, 0.6) is 0 Å². The van der Waals surface area contributed by atoms with Crippen LogP contribution in [0.15, 0.2) is 24.3 Å². The lowest BCUT2D eigenvalue weighted by molar-refractivity contribution is -0.384. The van der Waals surface area contributed by atoms with Crippen LogP contribution in [0.2, 0.25) is 0 Å². The van der Waals surface area contributed by atoms with Crippen molar-refractivity contribution in [3.05, 3.63) is 39.9 Å².